The van der Waals surface area contributed by atoms with Gasteiger partial charge in [0.05, 0.1) is 4.92 Å². The van der Waals surface area contributed by atoms with E-state index in [-0.39, 0.29) is 18.0 Å². The number of hydrogen-bond donors (Lipinski definition) is 0. The maximum absolute atomic E-state index is 10.4. The Kier molecular flexibility index (Phi) is 2.97. The van der Waals surface area contributed by atoms with Crippen molar-refractivity contribution in [1.29, 1.82) is 0 Å². The third-order valence-electron chi connectivity index (χ3n) is 1.35. The summed E-state index contributed by atoms with van der Waals surface area (Å²) < 4.78 is 4.78. The van der Waals surface area contributed by atoms with Gasteiger partial charge >= 0.3 is 5.69 Å². The van der Waals surface area contributed by atoms with Crippen molar-refractivity contribution in [2.45, 2.75) is 0 Å². The number of nitro groups is 1. The minimum absolute atomic E-state index is 0.0795. The molecule has 0 heterocycles. The van der Waals surface area contributed by atoms with Crippen molar-refractivity contribution in [2.75, 3.05) is 6.61 Å². The summed E-state index contributed by atoms with van der Waals surface area (Å²) >= 11 is 0. The topological polar surface area (TPSA) is 69.4 Å². The fourth-order valence-corrected chi connectivity index (χ4v) is 0.837. The Balaban J connectivity index is 2.90. The summed E-state index contributed by atoms with van der Waals surface area (Å²) in [5, 5.41) is 10.4. The molecule has 13 heavy (non-hydrogen) atoms. The molecule has 0 aliphatic rings. The number of ether oxygens (including phenoxy) is 1. The zero-order valence-corrected chi connectivity index (χ0v) is 6.60. The van der Waals surface area contributed by atoms with Crippen LogP contribution in [0.1, 0.15) is 0 Å². The smallest absolute Gasteiger partial charge is 0.310 e. The molecule has 0 aromatic heterocycles. The molecule has 1 aromatic rings. The molecule has 0 bridgehead atoms. The molecule has 1 rings (SSSR count). The van der Waals surface area contributed by atoms with Crippen molar-refractivity contribution in [3.63, 3.8) is 0 Å². The van der Waals surface area contributed by atoms with E-state index in [2.05, 4.69) is 0 Å². The first-order chi connectivity index (χ1) is 6.25. The minimum Gasteiger partial charge on any atom is -0.478 e. The number of nitrogens with zero attached hydrogens (tertiary/aromatic N) is 1. The van der Waals surface area contributed by atoms with Crippen LogP contribution in [0.3, 0.4) is 0 Å². The standard InChI is InChI=1S/C8H6NO4/c10-5-6-13-8-4-2-1-3-7(8)9(11)12/h1-4H,6H2. The highest BCUT2D eigenvalue weighted by Crippen LogP contribution is 2.25. The predicted octanol–water partition coefficient (Wildman–Crippen LogP) is 1.08. The van der Waals surface area contributed by atoms with Gasteiger partial charge in [-0.15, -0.1) is 0 Å². The second-order valence-corrected chi connectivity index (χ2v) is 2.16. The highest BCUT2D eigenvalue weighted by atomic mass is 16.6. The Morgan fingerprint density at radius 2 is 2.15 bits per heavy atom. The van der Waals surface area contributed by atoms with E-state index in [0.29, 0.717) is 0 Å². The lowest BCUT2D eigenvalue weighted by Crippen LogP contribution is -2.00. The van der Waals surface area contributed by atoms with Crippen LogP contribution in [0.4, 0.5) is 5.69 Å². The van der Waals surface area contributed by atoms with Gasteiger partial charge in [0.1, 0.15) is 0 Å². The first-order valence-corrected chi connectivity index (χ1v) is 3.47. The quantitative estimate of drug-likeness (QED) is 0.513. The van der Waals surface area contributed by atoms with Crippen LogP contribution in [-0.2, 0) is 4.79 Å². The van der Waals surface area contributed by atoms with E-state index in [1.54, 1.807) is 6.07 Å². The number of rotatable bonds is 4. The van der Waals surface area contributed by atoms with E-state index in [4.69, 9.17) is 4.74 Å². The normalized spacial score (nSPS) is 9.23. The summed E-state index contributed by atoms with van der Waals surface area (Å²) in [6, 6.07) is 5.85. The van der Waals surface area contributed by atoms with Crippen LogP contribution in [0.5, 0.6) is 5.75 Å². The molecule has 67 valence electrons. The van der Waals surface area contributed by atoms with Crippen LogP contribution in [0.15, 0.2) is 24.3 Å². The van der Waals surface area contributed by atoms with Crippen molar-refractivity contribution in [2.24, 2.45) is 0 Å². The second-order valence-electron chi connectivity index (χ2n) is 2.16. The number of hydrogen-bond acceptors (Lipinski definition) is 4. The molecule has 1 radical (unpaired) electrons. The van der Waals surface area contributed by atoms with Crippen molar-refractivity contribution in [3.05, 3.63) is 34.4 Å². The van der Waals surface area contributed by atoms with Gasteiger partial charge in [-0.1, -0.05) is 12.1 Å². The van der Waals surface area contributed by atoms with Crippen molar-refractivity contribution in [3.8, 4) is 5.75 Å². The molecule has 0 amide bonds. The van der Waals surface area contributed by atoms with Crippen molar-refractivity contribution in [1.82, 2.24) is 0 Å². The summed E-state index contributed by atoms with van der Waals surface area (Å²) in [6.07, 6.45) is 1.49. The third kappa shape index (κ3) is 2.26. The Labute approximate surface area is 74.1 Å². The van der Waals surface area contributed by atoms with Gasteiger partial charge in [0.15, 0.2) is 12.4 Å². The predicted molar refractivity (Wildman–Crippen MR) is 44.3 cm³/mol. The molecule has 5 nitrogen and oxygen atoms in total. The summed E-state index contributed by atoms with van der Waals surface area (Å²) in [6.45, 7) is -0.301. The Hall–Kier alpha value is -1.91. The maximum Gasteiger partial charge on any atom is 0.310 e. The van der Waals surface area contributed by atoms with Gasteiger partial charge in [-0.3, -0.25) is 14.9 Å². The monoisotopic (exact) mass is 180 g/mol. The first-order valence-electron chi connectivity index (χ1n) is 3.47. The summed E-state index contributed by atoms with van der Waals surface area (Å²) in [5.74, 6) is 0.0795. The maximum atomic E-state index is 10.4. The molecule has 0 aliphatic carbocycles. The van der Waals surface area contributed by atoms with Crippen LogP contribution in [-0.4, -0.2) is 17.8 Å². The van der Waals surface area contributed by atoms with Crippen molar-refractivity contribution >= 4 is 12.0 Å². The zero-order chi connectivity index (χ0) is 9.68. The molecule has 0 fully saturated rings. The molecule has 0 unspecified atom stereocenters. The molecule has 0 saturated heterocycles. The van der Waals surface area contributed by atoms with Gasteiger partial charge in [0.25, 0.3) is 0 Å². The molecular weight excluding hydrogens is 174 g/mol. The average Bonchev–Trinajstić information content (AvgIpc) is 2.15. The van der Waals surface area contributed by atoms with Crippen LogP contribution in [0.25, 0.3) is 0 Å². The SMILES string of the molecule is O=[C]COc1ccccc1[N+](=O)[O-]. The molecule has 0 N–H and O–H groups in total. The fraction of sp³-hybridized carbons (Fsp3) is 0.125. The minimum atomic E-state index is -0.569. The summed E-state index contributed by atoms with van der Waals surface area (Å²) in [5.41, 5.74) is -0.155. The highest BCUT2D eigenvalue weighted by Gasteiger charge is 2.12. The van der Waals surface area contributed by atoms with Gasteiger partial charge in [0, 0.05) is 6.07 Å². The van der Waals surface area contributed by atoms with Gasteiger partial charge in [0.2, 0.25) is 6.29 Å². The van der Waals surface area contributed by atoms with E-state index in [9.17, 15) is 14.9 Å². The number of para-hydroxylation sites is 2. The lowest BCUT2D eigenvalue weighted by Gasteiger charge is -2.01. The molecular formula is C8H6NO4. The first kappa shape index (κ1) is 9.18. The lowest BCUT2D eigenvalue weighted by atomic mass is 10.3. The van der Waals surface area contributed by atoms with E-state index >= 15 is 0 Å². The van der Waals surface area contributed by atoms with Crippen molar-refractivity contribution < 1.29 is 14.5 Å². The van der Waals surface area contributed by atoms with Gasteiger partial charge < -0.3 is 4.74 Å². The molecule has 5 heteroatoms. The van der Waals surface area contributed by atoms with Gasteiger partial charge in [-0.05, 0) is 6.07 Å². The average molecular weight is 180 g/mol. The zero-order valence-electron chi connectivity index (χ0n) is 6.60. The molecule has 1 aromatic carbocycles. The third-order valence-corrected chi connectivity index (χ3v) is 1.35. The fourth-order valence-electron chi connectivity index (χ4n) is 0.837. The lowest BCUT2D eigenvalue weighted by molar-refractivity contribution is -0.385. The largest absolute Gasteiger partial charge is 0.478 e. The van der Waals surface area contributed by atoms with E-state index < -0.39 is 4.92 Å². The number of benzene rings is 1. The van der Waals surface area contributed by atoms with Crippen LogP contribution in [0.2, 0.25) is 0 Å². The molecule has 0 saturated carbocycles. The van der Waals surface area contributed by atoms with Gasteiger partial charge in [-0.2, -0.15) is 0 Å². The summed E-state index contributed by atoms with van der Waals surface area (Å²) in [7, 11) is 0. The Bertz CT molecular complexity index is 324. The van der Waals surface area contributed by atoms with Crippen LogP contribution < -0.4 is 4.74 Å². The Morgan fingerprint density at radius 3 is 2.77 bits per heavy atom. The molecule has 0 spiro atoms. The van der Waals surface area contributed by atoms with E-state index in [1.807, 2.05) is 0 Å². The van der Waals surface area contributed by atoms with Gasteiger partial charge in [-0.25, -0.2) is 0 Å². The van der Waals surface area contributed by atoms with E-state index in [1.165, 1.54) is 24.5 Å². The van der Waals surface area contributed by atoms with E-state index in [0.717, 1.165) is 0 Å². The van der Waals surface area contributed by atoms with Crippen LogP contribution >= 0.6 is 0 Å². The number of carbonyl (C=O) groups excluding carboxylic acids is 1. The highest BCUT2D eigenvalue weighted by molar-refractivity contribution is 5.54. The Morgan fingerprint density at radius 1 is 1.46 bits per heavy atom. The number of nitro benzene ring substituents is 1. The van der Waals surface area contributed by atoms with Crippen LogP contribution in [0, 0.1) is 10.1 Å². The second kappa shape index (κ2) is 4.20. The molecule has 0 atom stereocenters. The summed E-state index contributed by atoms with van der Waals surface area (Å²) in [4.78, 5) is 19.7. The molecule has 0 aliphatic heterocycles.